The fraction of sp³-hybridized carbons (Fsp3) is 0.500. The number of ether oxygens (including phenoxy) is 1. The Morgan fingerprint density at radius 1 is 1.21 bits per heavy atom. The Morgan fingerprint density at radius 2 is 1.83 bits per heavy atom. The minimum absolute atomic E-state index is 0.267. The number of hydrogen-bond acceptors (Lipinski definition) is 5. The molecule has 1 N–H and O–H groups in total. The van der Waals surface area contributed by atoms with Crippen molar-refractivity contribution in [1.29, 1.82) is 0 Å². The first-order chi connectivity index (χ1) is 11.4. The van der Waals surface area contributed by atoms with Crippen LogP contribution in [0.5, 0.6) is 0 Å². The molecule has 1 aliphatic rings. The van der Waals surface area contributed by atoms with Crippen LogP contribution in [0.2, 0.25) is 0 Å². The van der Waals surface area contributed by atoms with Crippen molar-refractivity contribution in [2.75, 3.05) is 19.7 Å². The molecule has 1 saturated heterocycles. The predicted octanol–water partition coefficient (Wildman–Crippen LogP) is 2.33. The number of amides is 1. The number of hydrogen-bond donors (Lipinski definition) is 1. The van der Waals surface area contributed by atoms with E-state index in [4.69, 9.17) is 4.74 Å². The number of sulfonamides is 1. The van der Waals surface area contributed by atoms with Crippen LogP contribution in [0.3, 0.4) is 0 Å². The largest absolute Gasteiger partial charge is 0.449 e. The highest BCUT2D eigenvalue weighted by Gasteiger charge is 2.25. The zero-order valence-corrected chi connectivity index (χ0v) is 14.8. The van der Waals surface area contributed by atoms with Crippen LogP contribution >= 0.6 is 0 Å². The van der Waals surface area contributed by atoms with E-state index in [-0.39, 0.29) is 11.5 Å². The van der Waals surface area contributed by atoms with Gasteiger partial charge in [-0.25, -0.2) is 18.6 Å². The van der Waals surface area contributed by atoms with Gasteiger partial charge in [0.2, 0.25) is 10.0 Å². The Morgan fingerprint density at radius 3 is 2.42 bits per heavy atom. The van der Waals surface area contributed by atoms with Crippen molar-refractivity contribution in [3.05, 3.63) is 29.8 Å². The van der Waals surface area contributed by atoms with E-state index in [1.807, 2.05) is 0 Å². The molecule has 0 bridgehead atoms. The summed E-state index contributed by atoms with van der Waals surface area (Å²) in [4.78, 5) is 11.5. The third-order valence-electron chi connectivity index (χ3n) is 3.82. The molecule has 2 rings (SSSR count). The monoisotopic (exact) mass is 353 g/mol. The molecule has 7 nitrogen and oxygen atoms in total. The van der Waals surface area contributed by atoms with Gasteiger partial charge in [-0.2, -0.15) is 9.41 Å². The van der Waals surface area contributed by atoms with Crippen LogP contribution in [0.15, 0.2) is 34.3 Å². The number of hydrazone groups is 1. The summed E-state index contributed by atoms with van der Waals surface area (Å²) in [6.07, 6.45) is 2.26. The molecule has 1 aliphatic heterocycles. The van der Waals surface area contributed by atoms with Crippen molar-refractivity contribution in [2.45, 2.75) is 38.0 Å². The molecule has 0 saturated carbocycles. The van der Waals surface area contributed by atoms with Gasteiger partial charge in [0.25, 0.3) is 0 Å². The Hall–Kier alpha value is -1.93. The molecule has 8 heteroatoms. The predicted molar refractivity (Wildman–Crippen MR) is 91.4 cm³/mol. The van der Waals surface area contributed by atoms with E-state index in [9.17, 15) is 13.2 Å². The molecule has 132 valence electrons. The number of carbonyl (C=O) groups excluding carboxylic acids is 1. The van der Waals surface area contributed by atoms with Gasteiger partial charge in [-0.05, 0) is 44.4 Å². The highest BCUT2D eigenvalue weighted by molar-refractivity contribution is 7.89. The zero-order chi connectivity index (χ0) is 17.6. The number of rotatable bonds is 5. The second-order valence-electron chi connectivity index (χ2n) is 5.52. The molecule has 0 aromatic heterocycles. The lowest BCUT2D eigenvalue weighted by molar-refractivity contribution is 0.152. The second-order valence-corrected chi connectivity index (χ2v) is 7.46. The van der Waals surface area contributed by atoms with E-state index in [0.29, 0.717) is 18.8 Å². The summed E-state index contributed by atoms with van der Waals surface area (Å²) < 4.78 is 31.4. The third-order valence-corrected chi connectivity index (χ3v) is 5.73. The van der Waals surface area contributed by atoms with Gasteiger partial charge in [0.05, 0.1) is 17.2 Å². The molecular weight excluding hydrogens is 330 g/mol. The Balaban J connectivity index is 2.09. The fourth-order valence-electron chi connectivity index (χ4n) is 2.48. The van der Waals surface area contributed by atoms with E-state index in [1.54, 1.807) is 38.1 Å². The highest BCUT2D eigenvalue weighted by atomic mass is 32.2. The minimum Gasteiger partial charge on any atom is -0.449 e. The van der Waals surface area contributed by atoms with Crippen molar-refractivity contribution >= 4 is 21.8 Å². The fourth-order valence-corrected chi connectivity index (χ4v) is 4.00. The molecular formula is C16H23N3O4S. The van der Waals surface area contributed by atoms with Gasteiger partial charge in [-0.3, -0.25) is 0 Å². The van der Waals surface area contributed by atoms with E-state index >= 15 is 0 Å². The first-order valence-electron chi connectivity index (χ1n) is 8.03. The number of carbonyl (C=O) groups is 1. The lowest BCUT2D eigenvalue weighted by Crippen LogP contribution is -2.35. The lowest BCUT2D eigenvalue weighted by atomic mass is 10.1. The summed E-state index contributed by atoms with van der Waals surface area (Å²) in [5, 5.41) is 3.93. The summed E-state index contributed by atoms with van der Waals surface area (Å²) in [6, 6.07) is 6.51. The van der Waals surface area contributed by atoms with Crippen LogP contribution < -0.4 is 5.43 Å². The maximum absolute atomic E-state index is 12.6. The van der Waals surface area contributed by atoms with Crippen molar-refractivity contribution in [3.8, 4) is 0 Å². The summed E-state index contributed by atoms with van der Waals surface area (Å²) in [6.45, 7) is 4.85. The molecule has 0 radical (unpaired) electrons. The molecule has 1 aromatic carbocycles. The normalized spacial score (nSPS) is 16.7. The summed E-state index contributed by atoms with van der Waals surface area (Å²) in [7, 11) is -3.43. The molecule has 1 amide bonds. The van der Waals surface area contributed by atoms with Crippen molar-refractivity contribution in [1.82, 2.24) is 9.73 Å². The SMILES string of the molecule is CCOC(=O)N/N=C(/C)c1ccc(S(=O)(=O)N2CCCCC2)cc1. The summed E-state index contributed by atoms with van der Waals surface area (Å²) in [5.74, 6) is 0. The summed E-state index contributed by atoms with van der Waals surface area (Å²) in [5.41, 5.74) is 3.57. The van der Waals surface area contributed by atoms with E-state index in [0.717, 1.165) is 24.8 Å². The van der Waals surface area contributed by atoms with E-state index < -0.39 is 16.1 Å². The van der Waals surface area contributed by atoms with Gasteiger partial charge < -0.3 is 4.74 Å². The molecule has 1 aromatic rings. The van der Waals surface area contributed by atoms with Crippen LogP contribution in [0.25, 0.3) is 0 Å². The first-order valence-corrected chi connectivity index (χ1v) is 9.47. The quantitative estimate of drug-likeness (QED) is 0.650. The maximum atomic E-state index is 12.6. The Kier molecular flexibility index (Phi) is 6.33. The number of nitrogens with zero attached hydrogens (tertiary/aromatic N) is 2. The van der Waals surface area contributed by atoms with Crippen LogP contribution in [0.4, 0.5) is 4.79 Å². The molecule has 1 heterocycles. The van der Waals surface area contributed by atoms with Gasteiger partial charge in [0, 0.05) is 13.1 Å². The summed E-state index contributed by atoms with van der Waals surface area (Å²) >= 11 is 0. The average molecular weight is 353 g/mol. The average Bonchev–Trinajstić information content (AvgIpc) is 2.61. The van der Waals surface area contributed by atoms with E-state index in [2.05, 4.69) is 10.5 Å². The number of benzene rings is 1. The number of nitrogens with one attached hydrogen (secondary N) is 1. The maximum Gasteiger partial charge on any atom is 0.427 e. The van der Waals surface area contributed by atoms with Gasteiger partial charge in [0.15, 0.2) is 0 Å². The van der Waals surface area contributed by atoms with Gasteiger partial charge in [0.1, 0.15) is 0 Å². The van der Waals surface area contributed by atoms with Crippen molar-refractivity contribution in [2.24, 2.45) is 5.10 Å². The van der Waals surface area contributed by atoms with Crippen molar-refractivity contribution in [3.63, 3.8) is 0 Å². The van der Waals surface area contributed by atoms with Crippen LogP contribution in [-0.2, 0) is 14.8 Å². The third kappa shape index (κ3) is 4.55. The second kappa shape index (κ2) is 8.25. The molecule has 0 aliphatic carbocycles. The van der Waals surface area contributed by atoms with Crippen molar-refractivity contribution < 1.29 is 17.9 Å². The molecule has 0 atom stereocenters. The van der Waals surface area contributed by atoms with Gasteiger partial charge in [-0.15, -0.1) is 0 Å². The topological polar surface area (TPSA) is 88.1 Å². The van der Waals surface area contributed by atoms with Crippen LogP contribution in [0, 0.1) is 0 Å². The minimum atomic E-state index is -3.43. The standard InChI is InChI=1S/C16H23N3O4S/c1-3-23-16(20)18-17-13(2)14-7-9-15(10-8-14)24(21,22)19-11-5-4-6-12-19/h7-10H,3-6,11-12H2,1-2H3,(H,18,20)/b17-13-. The molecule has 24 heavy (non-hydrogen) atoms. The highest BCUT2D eigenvalue weighted by Crippen LogP contribution is 2.21. The smallest absolute Gasteiger partial charge is 0.427 e. The Labute approximate surface area is 142 Å². The number of piperidine rings is 1. The zero-order valence-electron chi connectivity index (χ0n) is 14.0. The van der Waals surface area contributed by atoms with Gasteiger partial charge in [-0.1, -0.05) is 18.6 Å². The van der Waals surface area contributed by atoms with E-state index in [1.165, 1.54) is 4.31 Å². The van der Waals surface area contributed by atoms with Crippen LogP contribution in [-0.4, -0.2) is 44.2 Å². The molecule has 1 fully saturated rings. The Bertz CT molecular complexity index is 693. The lowest BCUT2D eigenvalue weighted by Gasteiger charge is -2.25. The van der Waals surface area contributed by atoms with Gasteiger partial charge >= 0.3 is 6.09 Å². The first kappa shape index (κ1) is 18.4. The molecule has 0 unspecified atom stereocenters. The molecule has 0 spiro atoms. The van der Waals surface area contributed by atoms with Crippen LogP contribution in [0.1, 0.15) is 38.7 Å².